The van der Waals surface area contributed by atoms with Crippen LogP contribution in [0.4, 0.5) is 10.5 Å². The monoisotopic (exact) mass is 379 g/mol. The van der Waals surface area contributed by atoms with Crippen molar-refractivity contribution in [3.8, 4) is 17.6 Å². The van der Waals surface area contributed by atoms with Crippen LogP contribution >= 0.6 is 0 Å². The molecule has 28 heavy (non-hydrogen) atoms. The zero-order chi connectivity index (χ0) is 19.6. The van der Waals surface area contributed by atoms with Crippen molar-refractivity contribution in [1.29, 1.82) is 5.26 Å². The number of ether oxygens (including phenoxy) is 3. The molecule has 0 saturated carbocycles. The molecule has 2 heterocycles. The molecular weight excluding hydrogens is 358 g/mol. The Balaban J connectivity index is 1.36. The minimum Gasteiger partial charge on any atom is -0.497 e. The maximum Gasteiger partial charge on any atom is 0.321 e. The number of benzene rings is 2. The van der Waals surface area contributed by atoms with E-state index >= 15 is 0 Å². The van der Waals surface area contributed by atoms with Crippen LogP contribution in [0.2, 0.25) is 0 Å². The van der Waals surface area contributed by atoms with Gasteiger partial charge in [-0.1, -0.05) is 0 Å². The normalized spacial score (nSPS) is 17.2. The number of anilines is 1. The zero-order valence-corrected chi connectivity index (χ0v) is 15.6. The molecule has 0 atom stereocenters. The number of carbonyl (C=O) groups excluding carboxylic acids is 1. The predicted octanol–water partition coefficient (Wildman–Crippen LogP) is 3.50. The number of fused-ring (bicyclic) bond motifs is 1. The van der Waals surface area contributed by atoms with Gasteiger partial charge in [-0.25, -0.2) is 4.79 Å². The summed E-state index contributed by atoms with van der Waals surface area (Å²) in [6.07, 6.45) is 1.19. The van der Waals surface area contributed by atoms with E-state index in [-0.39, 0.29) is 6.03 Å². The number of hydrogen-bond acceptors (Lipinski definition) is 5. The number of piperidine rings is 1. The van der Waals surface area contributed by atoms with Gasteiger partial charge in [0.2, 0.25) is 5.79 Å². The van der Waals surface area contributed by atoms with Gasteiger partial charge >= 0.3 is 6.03 Å². The first-order valence-electron chi connectivity index (χ1n) is 9.17. The van der Waals surface area contributed by atoms with E-state index in [1.54, 1.807) is 36.3 Å². The van der Waals surface area contributed by atoms with Gasteiger partial charge in [-0.05, 0) is 42.5 Å². The summed E-state index contributed by atoms with van der Waals surface area (Å²) in [5.41, 5.74) is 2.19. The van der Waals surface area contributed by atoms with Gasteiger partial charge in [0.25, 0.3) is 0 Å². The lowest BCUT2D eigenvalue weighted by molar-refractivity contribution is -0.225. The summed E-state index contributed by atoms with van der Waals surface area (Å²) in [6.45, 7) is 1.53. The van der Waals surface area contributed by atoms with E-state index in [1.165, 1.54) is 0 Å². The summed E-state index contributed by atoms with van der Waals surface area (Å²) >= 11 is 0. The van der Waals surface area contributed by atoms with Crippen LogP contribution in [0.3, 0.4) is 0 Å². The standard InChI is InChI=1S/C21H21N3O4/c1-26-18-6-7-19-16(12-18)14-27-21(28-19)8-10-24(11-9-21)20(25)23-17-4-2-15(13-22)3-5-17/h2-7,12H,8-11,14H2,1H3,(H,23,25). The Morgan fingerprint density at radius 1 is 1.21 bits per heavy atom. The van der Waals surface area contributed by atoms with E-state index in [0.717, 1.165) is 17.1 Å². The average Bonchev–Trinajstić information content (AvgIpc) is 2.74. The fourth-order valence-electron chi connectivity index (χ4n) is 3.46. The van der Waals surface area contributed by atoms with Crippen LogP contribution < -0.4 is 14.8 Å². The second-order valence-electron chi connectivity index (χ2n) is 6.88. The maximum absolute atomic E-state index is 12.5. The molecule has 0 aromatic heterocycles. The molecular formula is C21H21N3O4. The van der Waals surface area contributed by atoms with E-state index in [2.05, 4.69) is 11.4 Å². The highest BCUT2D eigenvalue weighted by Gasteiger charge is 2.42. The third kappa shape index (κ3) is 3.59. The number of nitrogens with one attached hydrogen (secondary N) is 1. The van der Waals surface area contributed by atoms with Gasteiger partial charge < -0.3 is 24.4 Å². The van der Waals surface area contributed by atoms with Crippen molar-refractivity contribution in [1.82, 2.24) is 4.90 Å². The Morgan fingerprint density at radius 3 is 2.64 bits per heavy atom. The lowest BCUT2D eigenvalue weighted by atomic mass is 10.0. The van der Waals surface area contributed by atoms with Crippen LogP contribution in [-0.2, 0) is 11.3 Å². The van der Waals surface area contributed by atoms with Crippen LogP contribution in [-0.4, -0.2) is 36.9 Å². The third-order valence-electron chi connectivity index (χ3n) is 5.13. The number of urea groups is 1. The van der Waals surface area contributed by atoms with Crippen molar-refractivity contribution >= 4 is 11.7 Å². The van der Waals surface area contributed by atoms with Crippen molar-refractivity contribution < 1.29 is 19.0 Å². The minimum absolute atomic E-state index is 0.166. The second-order valence-corrected chi connectivity index (χ2v) is 6.88. The smallest absolute Gasteiger partial charge is 0.321 e. The number of methoxy groups -OCH3 is 1. The van der Waals surface area contributed by atoms with Crippen molar-refractivity contribution in [3.63, 3.8) is 0 Å². The van der Waals surface area contributed by atoms with Crippen LogP contribution in [0.5, 0.6) is 11.5 Å². The molecule has 7 heteroatoms. The maximum atomic E-state index is 12.5. The Kier molecular flexibility index (Phi) is 4.80. The number of hydrogen-bond donors (Lipinski definition) is 1. The summed E-state index contributed by atoms with van der Waals surface area (Å²) in [6, 6.07) is 14.4. The minimum atomic E-state index is -0.688. The molecule has 0 radical (unpaired) electrons. The highest BCUT2D eigenvalue weighted by Crippen LogP contribution is 2.38. The summed E-state index contributed by atoms with van der Waals surface area (Å²) in [4.78, 5) is 14.3. The summed E-state index contributed by atoms with van der Waals surface area (Å²) in [5.74, 6) is 0.894. The largest absolute Gasteiger partial charge is 0.497 e. The molecule has 144 valence electrons. The second kappa shape index (κ2) is 7.41. The SMILES string of the molecule is COc1ccc2c(c1)COC1(CCN(C(=O)Nc3ccc(C#N)cc3)CC1)O2. The van der Waals surface area contributed by atoms with Crippen LogP contribution in [0.15, 0.2) is 42.5 Å². The van der Waals surface area contributed by atoms with E-state index in [1.807, 2.05) is 18.2 Å². The number of nitriles is 1. The van der Waals surface area contributed by atoms with Crippen LogP contribution in [0.1, 0.15) is 24.0 Å². The van der Waals surface area contributed by atoms with Gasteiger partial charge in [-0.2, -0.15) is 5.26 Å². The van der Waals surface area contributed by atoms with Gasteiger partial charge in [0, 0.05) is 37.2 Å². The Labute approximate surface area is 163 Å². The first-order valence-corrected chi connectivity index (χ1v) is 9.17. The molecule has 2 aliphatic rings. The molecule has 1 fully saturated rings. The predicted molar refractivity (Wildman–Crippen MR) is 102 cm³/mol. The average molecular weight is 379 g/mol. The number of likely N-dealkylation sites (tertiary alicyclic amines) is 1. The van der Waals surface area contributed by atoms with Gasteiger partial charge in [-0.15, -0.1) is 0 Å². The van der Waals surface area contributed by atoms with Gasteiger partial charge in [0.1, 0.15) is 11.5 Å². The van der Waals surface area contributed by atoms with Crippen molar-refractivity contribution in [2.24, 2.45) is 0 Å². The summed E-state index contributed by atoms with van der Waals surface area (Å²) in [7, 11) is 1.63. The molecule has 1 N–H and O–H groups in total. The molecule has 4 rings (SSSR count). The number of nitrogens with zero attached hydrogens (tertiary/aromatic N) is 2. The third-order valence-corrected chi connectivity index (χ3v) is 5.13. The van der Waals surface area contributed by atoms with E-state index < -0.39 is 5.79 Å². The van der Waals surface area contributed by atoms with Crippen LogP contribution in [0.25, 0.3) is 0 Å². The number of carbonyl (C=O) groups is 1. The molecule has 2 aromatic carbocycles. The fraction of sp³-hybridized carbons (Fsp3) is 0.333. The molecule has 0 aliphatic carbocycles. The Morgan fingerprint density at radius 2 is 1.96 bits per heavy atom. The van der Waals surface area contributed by atoms with Gasteiger partial charge in [0.05, 0.1) is 25.3 Å². The van der Waals surface area contributed by atoms with Gasteiger partial charge in [0.15, 0.2) is 0 Å². The molecule has 2 aliphatic heterocycles. The first-order chi connectivity index (χ1) is 13.6. The number of amides is 2. The molecule has 1 spiro atoms. The van der Waals surface area contributed by atoms with Crippen LogP contribution in [0, 0.1) is 11.3 Å². The fourth-order valence-corrected chi connectivity index (χ4v) is 3.46. The van der Waals surface area contributed by atoms with E-state index in [9.17, 15) is 4.79 Å². The van der Waals surface area contributed by atoms with E-state index in [4.69, 9.17) is 19.5 Å². The lowest BCUT2D eigenvalue weighted by Crippen LogP contribution is -2.53. The van der Waals surface area contributed by atoms with E-state index in [0.29, 0.717) is 43.8 Å². The molecule has 1 saturated heterocycles. The molecule has 2 amide bonds. The van der Waals surface area contributed by atoms with Crippen molar-refractivity contribution in [3.05, 3.63) is 53.6 Å². The highest BCUT2D eigenvalue weighted by atomic mass is 16.7. The number of rotatable bonds is 2. The molecule has 7 nitrogen and oxygen atoms in total. The molecule has 2 aromatic rings. The lowest BCUT2D eigenvalue weighted by Gasteiger charge is -2.43. The Bertz CT molecular complexity index is 912. The Hall–Kier alpha value is -3.24. The topological polar surface area (TPSA) is 83.8 Å². The molecule has 0 bridgehead atoms. The van der Waals surface area contributed by atoms with Crippen molar-refractivity contribution in [2.75, 3.05) is 25.5 Å². The molecule has 0 unspecified atom stereocenters. The quantitative estimate of drug-likeness (QED) is 0.863. The summed E-state index contributed by atoms with van der Waals surface area (Å²) in [5, 5.41) is 11.7. The van der Waals surface area contributed by atoms with Crippen molar-refractivity contribution in [2.45, 2.75) is 25.2 Å². The zero-order valence-electron chi connectivity index (χ0n) is 15.6. The first kappa shape index (κ1) is 18.1. The van der Waals surface area contributed by atoms with Gasteiger partial charge in [-0.3, -0.25) is 0 Å². The highest BCUT2D eigenvalue weighted by molar-refractivity contribution is 5.89. The summed E-state index contributed by atoms with van der Waals surface area (Å²) < 4.78 is 17.4.